The molecule has 1 aliphatic heterocycles. The van der Waals surface area contributed by atoms with E-state index in [-0.39, 0.29) is 17.0 Å². The second-order valence-corrected chi connectivity index (χ2v) is 11.1. The first-order valence-electron chi connectivity index (χ1n) is 13.7. The highest BCUT2D eigenvalue weighted by Crippen LogP contribution is 2.32. The zero-order valence-corrected chi connectivity index (χ0v) is 23.5. The number of hydrogen-bond acceptors (Lipinski definition) is 6. The maximum atomic E-state index is 15.1. The number of hydrogen-bond donors (Lipinski definition) is 4. The van der Waals surface area contributed by atoms with Crippen molar-refractivity contribution in [3.63, 3.8) is 0 Å². The Bertz CT molecular complexity index is 1740. The molecule has 0 fully saturated rings. The van der Waals surface area contributed by atoms with Crippen LogP contribution in [-0.2, 0) is 18.5 Å². The summed E-state index contributed by atoms with van der Waals surface area (Å²) in [6, 6.07) is 13.3. The number of urea groups is 1. The van der Waals surface area contributed by atoms with Gasteiger partial charge in [0, 0.05) is 48.4 Å². The van der Waals surface area contributed by atoms with E-state index in [0.29, 0.717) is 22.8 Å². The zero-order chi connectivity index (χ0) is 29.3. The first kappa shape index (κ1) is 27.2. The van der Waals surface area contributed by atoms with Gasteiger partial charge < -0.3 is 20.7 Å². The van der Waals surface area contributed by atoms with Gasteiger partial charge in [-0.15, -0.1) is 0 Å². The number of aromatic nitrogens is 5. The smallest absolute Gasteiger partial charge is 0.323 e. The van der Waals surface area contributed by atoms with Gasteiger partial charge in [-0.3, -0.25) is 14.8 Å². The summed E-state index contributed by atoms with van der Waals surface area (Å²) in [4.78, 5) is 17.4. The number of pyridine rings is 1. The number of ether oxygens (including phenoxy) is 1. The SMILES string of the molecule is CC(C)(C)n1cc(NC(=O)Nc2ccc(Oc3ccnc(-c4cn[nH]c4)c3)cc2F)c(-c2ccc3c(c2)CCNC3)n1. The maximum Gasteiger partial charge on any atom is 0.323 e. The number of aromatic amines is 1. The van der Waals surface area contributed by atoms with Crippen LogP contribution in [0.15, 0.2) is 73.3 Å². The summed E-state index contributed by atoms with van der Waals surface area (Å²) in [5.74, 6) is 0.126. The van der Waals surface area contributed by atoms with Crippen LogP contribution in [0.2, 0.25) is 0 Å². The quantitative estimate of drug-likeness (QED) is 0.191. The Labute approximate surface area is 242 Å². The third kappa shape index (κ3) is 5.86. The van der Waals surface area contributed by atoms with Gasteiger partial charge in [0.15, 0.2) is 0 Å². The molecule has 42 heavy (non-hydrogen) atoms. The number of nitrogens with one attached hydrogen (secondary N) is 4. The van der Waals surface area contributed by atoms with Crippen LogP contribution in [0.5, 0.6) is 11.5 Å². The van der Waals surface area contributed by atoms with E-state index in [2.05, 4.69) is 43.3 Å². The predicted octanol–water partition coefficient (Wildman–Crippen LogP) is 6.31. The third-order valence-corrected chi connectivity index (χ3v) is 6.97. The summed E-state index contributed by atoms with van der Waals surface area (Å²) < 4.78 is 22.7. The normalized spacial score (nSPS) is 13.0. The minimum absolute atomic E-state index is 0.0136. The van der Waals surface area contributed by atoms with Gasteiger partial charge in [0.2, 0.25) is 0 Å². The van der Waals surface area contributed by atoms with Crippen molar-refractivity contribution in [2.24, 2.45) is 0 Å². The lowest BCUT2D eigenvalue weighted by Gasteiger charge is -2.19. The third-order valence-electron chi connectivity index (χ3n) is 6.97. The van der Waals surface area contributed by atoms with Crippen molar-refractivity contribution >= 4 is 17.4 Å². The summed E-state index contributed by atoms with van der Waals surface area (Å²) in [7, 11) is 0. The number of halogens is 1. The van der Waals surface area contributed by atoms with Crippen LogP contribution in [0.1, 0.15) is 31.9 Å². The van der Waals surface area contributed by atoms with Crippen LogP contribution < -0.4 is 20.7 Å². The molecule has 0 spiro atoms. The molecule has 0 atom stereocenters. The van der Waals surface area contributed by atoms with Gasteiger partial charge >= 0.3 is 6.03 Å². The summed E-state index contributed by atoms with van der Waals surface area (Å²) in [6.07, 6.45) is 7.71. The molecule has 4 heterocycles. The van der Waals surface area contributed by atoms with E-state index in [9.17, 15) is 4.79 Å². The van der Waals surface area contributed by atoms with Crippen molar-refractivity contribution < 1.29 is 13.9 Å². The zero-order valence-electron chi connectivity index (χ0n) is 23.5. The molecule has 0 aliphatic carbocycles. The molecule has 0 saturated carbocycles. The van der Waals surface area contributed by atoms with Crippen LogP contribution in [-0.4, -0.2) is 37.5 Å². The minimum atomic E-state index is -0.638. The van der Waals surface area contributed by atoms with Crippen molar-refractivity contribution in [1.29, 1.82) is 0 Å². The van der Waals surface area contributed by atoms with Crippen molar-refractivity contribution in [1.82, 2.24) is 30.3 Å². The molecule has 11 heteroatoms. The number of benzene rings is 2. The van der Waals surface area contributed by atoms with E-state index in [1.807, 2.05) is 31.5 Å². The van der Waals surface area contributed by atoms with Gasteiger partial charge in [0.25, 0.3) is 0 Å². The van der Waals surface area contributed by atoms with Crippen molar-refractivity contribution in [2.75, 3.05) is 17.2 Å². The van der Waals surface area contributed by atoms with Gasteiger partial charge in [0.05, 0.1) is 28.8 Å². The molecule has 0 saturated heterocycles. The van der Waals surface area contributed by atoms with Gasteiger partial charge in [-0.2, -0.15) is 10.2 Å². The summed E-state index contributed by atoms with van der Waals surface area (Å²) in [5, 5.41) is 20.3. The molecule has 2 amide bonds. The van der Waals surface area contributed by atoms with Gasteiger partial charge in [0.1, 0.15) is 23.0 Å². The molecule has 0 unspecified atom stereocenters. The van der Waals surface area contributed by atoms with E-state index >= 15 is 4.39 Å². The lowest BCUT2D eigenvalue weighted by Crippen LogP contribution is -2.23. The highest BCUT2D eigenvalue weighted by Gasteiger charge is 2.22. The van der Waals surface area contributed by atoms with E-state index in [1.165, 1.54) is 23.3 Å². The molecule has 3 aromatic heterocycles. The molecule has 10 nitrogen and oxygen atoms in total. The number of nitrogens with zero attached hydrogens (tertiary/aromatic N) is 4. The van der Waals surface area contributed by atoms with Crippen molar-refractivity contribution in [3.05, 3.63) is 90.3 Å². The molecule has 214 valence electrons. The number of fused-ring (bicyclic) bond motifs is 1. The second-order valence-electron chi connectivity index (χ2n) is 11.1. The molecule has 1 aliphatic rings. The van der Waals surface area contributed by atoms with Crippen LogP contribution in [0, 0.1) is 5.82 Å². The number of carbonyl (C=O) groups is 1. The molecule has 0 bridgehead atoms. The number of carbonyl (C=O) groups excluding carboxylic acids is 1. The van der Waals surface area contributed by atoms with Crippen LogP contribution >= 0.6 is 0 Å². The number of anilines is 2. The van der Waals surface area contributed by atoms with Gasteiger partial charge in [-0.25, -0.2) is 9.18 Å². The maximum absolute atomic E-state index is 15.1. The lowest BCUT2D eigenvalue weighted by atomic mass is 9.97. The molecule has 5 aromatic rings. The first-order chi connectivity index (χ1) is 20.2. The van der Waals surface area contributed by atoms with E-state index in [0.717, 1.165) is 30.6 Å². The Hall–Kier alpha value is -5.03. The second kappa shape index (κ2) is 11.1. The first-order valence-corrected chi connectivity index (χ1v) is 13.7. The van der Waals surface area contributed by atoms with Crippen LogP contribution in [0.25, 0.3) is 22.5 Å². The average Bonchev–Trinajstić information content (AvgIpc) is 3.65. The fourth-order valence-electron chi connectivity index (χ4n) is 4.74. The molecular formula is C31H31FN8O2. The summed E-state index contributed by atoms with van der Waals surface area (Å²) in [5.41, 5.74) is 5.79. The van der Waals surface area contributed by atoms with Crippen LogP contribution in [0.4, 0.5) is 20.6 Å². The molecule has 6 rings (SSSR count). The Kier molecular flexibility index (Phi) is 7.17. The molecule has 2 aromatic carbocycles. The Balaban J connectivity index is 1.18. The van der Waals surface area contributed by atoms with Gasteiger partial charge in [-0.1, -0.05) is 12.1 Å². The van der Waals surface area contributed by atoms with Gasteiger partial charge in [-0.05, 0) is 69.1 Å². The Morgan fingerprint density at radius 2 is 1.83 bits per heavy atom. The number of amides is 2. The average molecular weight is 567 g/mol. The number of rotatable bonds is 6. The highest BCUT2D eigenvalue weighted by atomic mass is 19.1. The molecule has 4 N–H and O–H groups in total. The number of H-pyrrole nitrogens is 1. The van der Waals surface area contributed by atoms with E-state index < -0.39 is 11.8 Å². The summed E-state index contributed by atoms with van der Waals surface area (Å²) >= 11 is 0. The topological polar surface area (TPSA) is 122 Å². The molecule has 0 radical (unpaired) electrons. The van der Waals surface area contributed by atoms with Crippen LogP contribution in [0.3, 0.4) is 0 Å². The van der Waals surface area contributed by atoms with E-state index in [4.69, 9.17) is 9.84 Å². The monoisotopic (exact) mass is 566 g/mol. The van der Waals surface area contributed by atoms with E-state index in [1.54, 1.807) is 43.0 Å². The largest absolute Gasteiger partial charge is 0.457 e. The predicted molar refractivity (Wildman–Crippen MR) is 159 cm³/mol. The minimum Gasteiger partial charge on any atom is -0.457 e. The highest BCUT2D eigenvalue weighted by molar-refractivity contribution is 6.02. The Morgan fingerprint density at radius 3 is 2.62 bits per heavy atom. The lowest BCUT2D eigenvalue weighted by molar-refractivity contribution is 0.262. The van der Waals surface area contributed by atoms with Crippen molar-refractivity contribution in [2.45, 2.75) is 39.3 Å². The Morgan fingerprint density at radius 1 is 1.00 bits per heavy atom. The fourth-order valence-corrected chi connectivity index (χ4v) is 4.74. The van der Waals surface area contributed by atoms with Crippen molar-refractivity contribution in [3.8, 4) is 34.0 Å². The summed E-state index contributed by atoms with van der Waals surface area (Å²) in [6.45, 7) is 7.87. The standard InChI is InChI=1S/C31H31FN8O2/c1-31(2,3)40-18-28(29(39-40)20-4-5-21-15-33-10-8-19(21)12-20)38-30(41)37-26-7-6-23(13-25(26)32)42-24-9-11-34-27(14-24)22-16-35-36-17-22/h4-7,9,11-14,16-18,33H,8,10,15H2,1-3H3,(H,35,36)(H2,37,38,41). The fraction of sp³-hybridized carbons (Fsp3) is 0.226. The molecular weight excluding hydrogens is 535 g/mol.